The van der Waals surface area contributed by atoms with Gasteiger partial charge in [0.25, 0.3) is 5.91 Å². The second-order valence-electron chi connectivity index (χ2n) is 7.21. The van der Waals surface area contributed by atoms with Crippen molar-refractivity contribution in [1.82, 2.24) is 9.78 Å². The molecule has 34 heavy (non-hydrogen) atoms. The van der Waals surface area contributed by atoms with Crippen LogP contribution in [0.3, 0.4) is 0 Å². The maximum Gasteiger partial charge on any atom is 0.416 e. The third kappa shape index (κ3) is 5.92. The molecule has 0 aliphatic carbocycles. The van der Waals surface area contributed by atoms with Crippen LogP contribution in [0.1, 0.15) is 27.4 Å². The molecule has 0 aliphatic heterocycles. The smallest absolute Gasteiger partial charge is 0.416 e. The van der Waals surface area contributed by atoms with E-state index >= 15 is 0 Å². The molecule has 0 radical (unpaired) electrons. The third-order valence-corrected chi connectivity index (χ3v) is 5.17. The summed E-state index contributed by atoms with van der Waals surface area (Å²) in [5.41, 5.74) is 0.0491. The Balaban J connectivity index is 1.35. The lowest BCUT2D eigenvalue weighted by Gasteiger charge is -2.08. The summed E-state index contributed by atoms with van der Waals surface area (Å²) in [7, 11) is 0. The topological polar surface area (TPSA) is 69.3 Å². The van der Waals surface area contributed by atoms with Crippen molar-refractivity contribution in [3.8, 4) is 5.75 Å². The van der Waals surface area contributed by atoms with Gasteiger partial charge in [-0.15, -0.1) is 0 Å². The fourth-order valence-corrected chi connectivity index (χ4v) is 3.52. The van der Waals surface area contributed by atoms with Crippen LogP contribution in [0.2, 0.25) is 10.0 Å². The molecule has 0 unspecified atom stereocenters. The Morgan fingerprint density at radius 1 is 1.12 bits per heavy atom. The molecule has 1 N–H and O–H groups in total. The van der Waals surface area contributed by atoms with Crippen molar-refractivity contribution in [2.24, 2.45) is 0 Å². The highest BCUT2D eigenvalue weighted by Gasteiger charge is 2.30. The molecule has 0 bridgehead atoms. The number of furan rings is 1. The lowest BCUT2D eigenvalue weighted by atomic mass is 10.1. The molecular formula is C23H16Cl2F3N3O3. The second-order valence-corrected chi connectivity index (χ2v) is 8.05. The van der Waals surface area contributed by atoms with Crippen molar-refractivity contribution >= 4 is 34.8 Å². The van der Waals surface area contributed by atoms with Crippen LogP contribution in [0.15, 0.2) is 71.4 Å². The van der Waals surface area contributed by atoms with Crippen LogP contribution in [-0.2, 0) is 19.3 Å². The minimum Gasteiger partial charge on any atom is -0.484 e. The van der Waals surface area contributed by atoms with Crippen LogP contribution in [-0.4, -0.2) is 15.7 Å². The molecule has 1 amide bonds. The number of hydrogen-bond acceptors (Lipinski definition) is 4. The van der Waals surface area contributed by atoms with Crippen molar-refractivity contribution in [2.45, 2.75) is 19.3 Å². The number of halogens is 5. The normalized spacial score (nSPS) is 11.4. The van der Waals surface area contributed by atoms with E-state index < -0.39 is 17.6 Å². The Labute approximate surface area is 201 Å². The predicted octanol–water partition coefficient (Wildman–Crippen LogP) is 6.68. The van der Waals surface area contributed by atoms with E-state index in [4.69, 9.17) is 32.4 Å². The lowest BCUT2D eigenvalue weighted by molar-refractivity contribution is -0.137. The van der Waals surface area contributed by atoms with E-state index in [1.54, 1.807) is 30.3 Å². The average molecular weight is 510 g/mol. The molecule has 6 nitrogen and oxygen atoms in total. The summed E-state index contributed by atoms with van der Waals surface area (Å²) < 4.78 is 51.2. The first-order valence-corrected chi connectivity index (χ1v) is 10.6. The van der Waals surface area contributed by atoms with E-state index in [1.165, 1.54) is 29.2 Å². The number of ether oxygens (including phenoxy) is 1. The number of carbonyl (C=O) groups excluding carboxylic acids is 1. The molecule has 2 aromatic heterocycles. The molecule has 2 aromatic carbocycles. The lowest BCUT2D eigenvalue weighted by Crippen LogP contribution is -2.10. The number of carbonyl (C=O) groups is 1. The molecule has 2 heterocycles. The minimum absolute atomic E-state index is 0.0452. The van der Waals surface area contributed by atoms with Gasteiger partial charge in [0, 0.05) is 11.2 Å². The summed E-state index contributed by atoms with van der Waals surface area (Å²) in [5, 5.41) is 7.54. The largest absolute Gasteiger partial charge is 0.484 e. The van der Waals surface area contributed by atoms with Gasteiger partial charge in [0.15, 0.2) is 5.76 Å². The van der Waals surface area contributed by atoms with Gasteiger partial charge in [0.2, 0.25) is 0 Å². The summed E-state index contributed by atoms with van der Waals surface area (Å²) in [6, 6.07) is 12.9. The van der Waals surface area contributed by atoms with E-state index in [-0.39, 0.29) is 18.9 Å². The number of alkyl halides is 3. The zero-order chi connectivity index (χ0) is 24.3. The van der Waals surface area contributed by atoms with Gasteiger partial charge in [0.1, 0.15) is 18.1 Å². The number of benzene rings is 2. The molecular weight excluding hydrogens is 494 g/mol. The van der Waals surface area contributed by atoms with Gasteiger partial charge in [-0.1, -0.05) is 35.3 Å². The fourth-order valence-electron chi connectivity index (χ4n) is 3.06. The van der Waals surface area contributed by atoms with Gasteiger partial charge in [-0.3, -0.25) is 9.48 Å². The monoisotopic (exact) mass is 509 g/mol. The molecule has 0 fully saturated rings. The average Bonchev–Trinajstić information content (AvgIpc) is 3.42. The van der Waals surface area contributed by atoms with Crippen LogP contribution in [0, 0.1) is 0 Å². The molecule has 0 aliphatic rings. The number of amides is 1. The zero-order valence-electron chi connectivity index (χ0n) is 17.3. The molecule has 0 saturated carbocycles. The summed E-state index contributed by atoms with van der Waals surface area (Å²) in [5.74, 6) is 0.346. The van der Waals surface area contributed by atoms with Crippen molar-refractivity contribution < 1.29 is 27.1 Å². The summed E-state index contributed by atoms with van der Waals surface area (Å²) in [6.07, 6.45) is -1.53. The molecule has 176 valence electrons. The van der Waals surface area contributed by atoms with Crippen molar-refractivity contribution in [3.63, 3.8) is 0 Å². The van der Waals surface area contributed by atoms with Crippen LogP contribution in [0.4, 0.5) is 18.9 Å². The van der Waals surface area contributed by atoms with Gasteiger partial charge in [0.05, 0.1) is 29.0 Å². The first kappa shape index (κ1) is 23.7. The Morgan fingerprint density at radius 3 is 2.71 bits per heavy atom. The van der Waals surface area contributed by atoms with Crippen molar-refractivity contribution in [1.29, 1.82) is 0 Å². The number of nitrogens with one attached hydrogen (secondary N) is 1. The highest BCUT2D eigenvalue weighted by Crippen LogP contribution is 2.30. The first-order chi connectivity index (χ1) is 16.2. The number of aromatic nitrogens is 2. The Morgan fingerprint density at radius 2 is 1.94 bits per heavy atom. The second kappa shape index (κ2) is 9.82. The summed E-state index contributed by atoms with van der Waals surface area (Å²) in [6.45, 7) is 0.152. The number of rotatable bonds is 7. The van der Waals surface area contributed by atoms with Crippen LogP contribution < -0.4 is 10.1 Å². The van der Waals surface area contributed by atoms with Crippen molar-refractivity contribution in [2.75, 3.05) is 5.32 Å². The molecule has 0 spiro atoms. The van der Waals surface area contributed by atoms with Gasteiger partial charge in [-0.05, 0) is 48.0 Å². The van der Waals surface area contributed by atoms with E-state index in [9.17, 15) is 18.0 Å². The van der Waals surface area contributed by atoms with Gasteiger partial charge < -0.3 is 14.5 Å². The highest BCUT2D eigenvalue weighted by atomic mass is 35.5. The van der Waals surface area contributed by atoms with E-state index in [0.717, 1.165) is 12.1 Å². The quantitative estimate of drug-likeness (QED) is 0.301. The third-order valence-electron chi connectivity index (χ3n) is 4.64. The molecule has 4 aromatic rings. The van der Waals surface area contributed by atoms with Gasteiger partial charge >= 0.3 is 6.18 Å². The number of hydrogen-bond donors (Lipinski definition) is 1. The zero-order valence-corrected chi connectivity index (χ0v) is 18.8. The minimum atomic E-state index is -4.42. The Kier molecular flexibility index (Phi) is 6.85. The van der Waals surface area contributed by atoms with Crippen LogP contribution >= 0.6 is 23.2 Å². The molecule has 4 rings (SSSR count). The first-order valence-electron chi connectivity index (χ1n) is 9.84. The fraction of sp³-hybridized carbons (Fsp3) is 0.130. The maximum atomic E-state index is 12.9. The van der Waals surface area contributed by atoms with Crippen LogP contribution in [0.5, 0.6) is 5.75 Å². The Bertz CT molecular complexity index is 1320. The summed E-state index contributed by atoms with van der Waals surface area (Å²) >= 11 is 11.9. The van der Waals surface area contributed by atoms with Crippen molar-refractivity contribution in [3.05, 3.63) is 99.7 Å². The standard InChI is InChI=1S/C23H16Cl2F3N3O3/c24-16-4-6-20(19(25)9-16)33-13-18-5-7-21(34-18)22(32)30-17-10-29-31(12-17)11-14-2-1-3-15(8-14)23(26,27)28/h1-10,12H,11,13H2,(H,30,32). The maximum absolute atomic E-state index is 12.9. The van der Waals surface area contributed by atoms with E-state index in [2.05, 4.69) is 10.4 Å². The van der Waals surface area contributed by atoms with Crippen LogP contribution in [0.25, 0.3) is 0 Å². The van der Waals surface area contributed by atoms with Gasteiger partial charge in [-0.2, -0.15) is 18.3 Å². The van der Waals surface area contributed by atoms with E-state index in [1.807, 2.05) is 0 Å². The predicted molar refractivity (Wildman–Crippen MR) is 120 cm³/mol. The molecule has 0 saturated heterocycles. The number of nitrogens with zero attached hydrogens (tertiary/aromatic N) is 2. The molecule has 0 atom stereocenters. The number of anilines is 1. The highest BCUT2D eigenvalue weighted by molar-refractivity contribution is 6.35. The Hall–Kier alpha value is -3.43. The molecule has 11 heteroatoms. The van der Waals surface area contributed by atoms with E-state index in [0.29, 0.717) is 32.8 Å². The summed E-state index contributed by atoms with van der Waals surface area (Å²) in [4.78, 5) is 12.5. The SMILES string of the molecule is O=C(Nc1cnn(Cc2cccc(C(F)(F)F)c2)c1)c1ccc(COc2ccc(Cl)cc2Cl)o1. The van der Waals surface area contributed by atoms with Gasteiger partial charge in [-0.25, -0.2) is 0 Å².